The van der Waals surface area contributed by atoms with E-state index in [4.69, 9.17) is 4.74 Å². The second-order valence-corrected chi connectivity index (χ2v) is 8.64. The van der Waals surface area contributed by atoms with E-state index in [2.05, 4.69) is 16.0 Å². The standard InChI is InChI=1S/C28H28FN3O7/c1-39-28(38)24(15-18-4-12-22(34)13-5-18)31-25(35)16-30-27(37)23(14-17-2-10-21(33)11-3-17)32-26(36)19-6-8-20(29)9-7-19/h2-13,23-24,33-34H,14-16H2,1H3,(H,30,37)(H,31,35)(H,32,36)/t23-,24-/m0/s1. The molecule has 204 valence electrons. The number of phenolic OH excluding ortho intramolecular Hbond substituents is 2. The van der Waals surface area contributed by atoms with Crippen molar-refractivity contribution >= 4 is 23.7 Å². The summed E-state index contributed by atoms with van der Waals surface area (Å²) >= 11 is 0. The zero-order chi connectivity index (χ0) is 28.4. The number of methoxy groups -OCH3 is 1. The maximum Gasteiger partial charge on any atom is 0.328 e. The lowest BCUT2D eigenvalue weighted by molar-refractivity contribution is -0.145. The third kappa shape index (κ3) is 8.85. The number of hydrogen-bond donors (Lipinski definition) is 5. The van der Waals surface area contributed by atoms with Gasteiger partial charge in [-0.2, -0.15) is 0 Å². The number of ether oxygens (including phenoxy) is 1. The highest BCUT2D eigenvalue weighted by Crippen LogP contribution is 2.13. The molecule has 0 heterocycles. The predicted molar refractivity (Wildman–Crippen MR) is 138 cm³/mol. The molecular weight excluding hydrogens is 509 g/mol. The van der Waals surface area contributed by atoms with Crippen LogP contribution in [0, 0.1) is 5.82 Å². The molecule has 0 saturated heterocycles. The van der Waals surface area contributed by atoms with Crippen LogP contribution in [-0.2, 0) is 32.0 Å². The van der Waals surface area contributed by atoms with Crippen LogP contribution in [0.5, 0.6) is 11.5 Å². The summed E-state index contributed by atoms with van der Waals surface area (Å²) < 4.78 is 18.0. The number of esters is 1. The third-order valence-corrected chi connectivity index (χ3v) is 5.72. The van der Waals surface area contributed by atoms with Gasteiger partial charge in [-0.25, -0.2) is 9.18 Å². The molecule has 2 atom stereocenters. The summed E-state index contributed by atoms with van der Waals surface area (Å²) in [7, 11) is 1.18. The zero-order valence-electron chi connectivity index (χ0n) is 21.0. The number of phenols is 2. The minimum atomic E-state index is -1.12. The van der Waals surface area contributed by atoms with E-state index in [1.54, 1.807) is 24.3 Å². The maximum atomic E-state index is 13.2. The Kier molecular flexibility index (Phi) is 9.96. The number of carbonyl (C=O) groups is 4. The summed E-state index contributed by atoms with van der Waals surface area (Å²) in [5.41, 5.74) is 1.41. The van der Waals surface area contributed by atoms with Crippen LogP contribution in [0.1, 0.15) is 21.5 Å². The van der Waals surface area contributed by atoms with Crippen molar-refractivity contribution in [2.24, 2.45) is 0 Å². The first kappa shape index (κ1) is 28.6. The van der Waals surface area contributed by atoms with Gasteiger partial charge in [-0.1, -0.05) is 24.3 Å². The molecule has 0 unspecified atom stereocenters. The topological polar surface area (TPSA) is 154 Å². The second-order valence-electron chi connectivity index (χ2n) is 8.64. The van der Waals surface area contributed by atoms with E-state index in [0.29, 0.717) is 11.1 Å². The molecule has 39 heavy (non-hydrogen) atoms. The average Bonchev–Trinajstić information content (AvgIpc) is 2.93. The van der Waals surface area contributed by atoms with E-state index in [-0.39, 0.29) is 29.9 Å². The van der Waals surface area contributed by atoms with Gasteiger partial charge in [0.25, 0.3) is 5.91 Å². The number of nitrogens with one attached hydrogen (secondary N) is 3. The van der Waals surface area contributed by atoms with Crippen molar-refractivity contribution in [2.45, 2.75) is 24.9 Å². The van der Waals surface area contributed by atoms with Crippen LogP contribution in [0.4, 0.5) is 4.39 Å². The summed E-state index contributed by atoms with van der Waals surface area (Å²) in [5, 5.41) is 26.5. The van der Waals surface area contributed by atoms with E-state index in [1.165, 1.54) is 43.5 Å². The first-order chi connectivity index (χ1) is 18.6. The molecule has 3 rings (SSSR count). The van der Waals surface area contributed by atoms with Crippen molar-refractivity contribution in [1.29, 1.82) is 0 Å². The molecule has 10 nitrogen and oxygen atoms in total. The van der Waals surface area contributed by atoms with Gasteiger partial charge >= 0.3 is 5.97 Å². The van der Waals surface area contributed by atoms with Crippen molar-refractivity contribution in [3.8, 4) is 11.5 Å². The second kappa shape index (κ2) is 13.6. The zero-order valence-corrected chi connectivity index (χ0v) is 21.0. The molecule has 0 radical (unpaired) electrons. The van der Waals surface area contributed by atoms with Crippen LogP contribution in [0.25, 0.3) is 0 Å². The van der Waals surface area contributed by atoms with E-state index in [9.17, 15) is 33.8 Å². The molecule has 0 aliphatic rings. The molecule has 3 amide bonds. The first-order valence-corrected chi connectivity index (χ1v) is 11.9. The Morgan fingerprint density at radius 3 is 1.79 bits per heavy atom. The Balaban J connectivity index is 1.66. The minimum Gasteiger partial charge on any atom is -0.508 e. The van der Waals surface area contributed by atoms with E-state index in [0.717, 1.165) is 12.1 Å². The number of benzene rings is 3. The molecule has 0 aromatic heterocycles. The summed E-state index contributed by atoms with van der Waals surface area (Å²) in [6.45, 7) is -0.500. The fraction of sp³-hybridized carbons (Fsp3) is 0.214. The highest BCUT2D eigenvalue weighted by molar-refractivity contribution is 5.98. The van der Waals surface area contributed by atoms with Gasteiger partial charge in [0.15, 0.2) is 0 Å². The maximum absolute atomic E-state index is 13.2. The van der Waals surface area contributed by atoms with Gasteiger partial charge in [0.1, 0.15) is 29.4 Å². The minimum absolute atomic E-state index is 0.0271. The molecule has 11 heteroatoms. The lowest BCUT2D eigenvalue weighted by Crippen LogP contribution is -2.52. The van der Waals surface area contributed by atoms with Gasteiger partial charge in [-0.15, -0.1) is 0 Å². The van der Waals surface area contributed by atoms with Crippen LogP contribution >= 0.6 is 0 Å². The Morgan fingerprint density at radius 1 is 0.769 bits per heavy atom. The van der Waals surface area contributed by atoms with Crippen molar-refractivity contribution in [3.63, 3.8) is 0 Å². The molecule has 0 fully saturated rings. The van der Waals surface area contributed by atoms with Gasteiger partial charge in [0, 0.05) is 18.4 Å². The summed E-state index contributed by atoms with van der Waals surface area (Å²) in [5.74, 6) is -3.12. The number of halogens is 1. The van der Waals surface area contributed by atoms with E-state index >= 15 is 0 Å². The molecule has 0 aliphatic carbocycles. The van der Waals surface area contributed by atoms with Gasteiger partial charge in [0.2, 0.25) is 11.8 Å². The van der Waals surface area contributed by atoms with Crippen molar-refractivity contribution in [1.82, 2.24) is 16.0 Å². The highest BCUT2D eigenvalue weighted by Gasteiger charge is 2.25. The molecule has 0 bridgehead atoms. The summed E-state index contributed by atoms with van der Waals surface area (Å²) in [6, 6.07) is 14.7. The molecule has 3 aromatic rings. The highest BCUT2D eigenvalue weighted by atomic mass is 19.1. The van der Waals surface area contributed by atoms with Crippen LogP contribution in [0.3, 0.4) is 0 Å². The number of hydrogen-bond acceptors (Lipinski definition) is 7. The fourth-order valence-corrected chi connectivity index (χ4v) is 3.66. The number of rotatable bonds is 11. The van der Waals surface area contributed by atoms with E-state index < -0.39 is 48.1 Å². The van der Waals surface area contributed by atoms with Crippen molar-refractivity contribution < 1.29 is 38.5 Å². The summed E-state index contributed by atoms with van der Waals surface area (Å²) in [6.07, 6.45) is 0.121. The normalized spacial score (nSPS) is 12.1. The molecule has 0 spiro atoms. The van der Waals surface area contributed by atoms with Gasteiger partial charge in [0.05, 0.1) is 13.7 Å². The van der Waals surface area contributed by atoms with Gasteiger partial charge in [-0.05, 0) is 59.7 Å². The van der Waals surface area contributed by atoms with Crippen LogP contribution in [-0.4, -0.2) is 59.6 Å². The largest absolute Gasteiger partial charge is 0.508 e. The SMILES string of the molecule is COC(=O)[C@H](Cc1ccc(O)cc1)NC(=O)CNC(=O)[C@H](Cc1ccc(O)cc1)NC(=O)c1ccc(F)cc1. The lowest BCUT2D eigenvalue weighted by atomic mass is 10.0. The van der Waals surface area contributed by atoms with Crippen LogP contribution in [0.15, 0.2) is 72.8 Å². The van der Waals surface area contributed by atoms with Crippen LogP contribution in [0.2, 0.25) is 0 Å². The monoisotopic (exact) mass is 537 g/mol. The lowest BCUT2D eigenvalue weighted by Gasteiger charge is -2.20. The van der Waals surface area contributed by atoms with Gasteiger partial charge in [-0.3, -0.25) is 14.4 Å². The molecule has 0 aliphatic heterocycles. The molecular formula is C28H28FN3O7. The molecule has 5 N–H and O–H groups in total. The molecule has 0 saturated carbocycles. The van der Waals surface area contributed by atoms with Crippen molar-refractivity contribution in [2.75, 3.05) is 13.7 Å². The Labute approximate surface area is 223 Å². The average molecular weight is 538 g/mol. The Bertz CT molecular complexity index is 1300. The number of carbonyl (C=O) groups excluding carboxylic acids is 4. The quantitative estimate of drug-likeness (QED) is 0.233. The predicted octanol–water partition coefficient (Wildman–Crippen LogP) is 1.59. The molecule has 3 aromatic carbocycles. The number of aromatic hydroxyl groups is 2. The smallest absolute Gasteiger partial charge is 0.328 e. The third-order valence-electron chi connectivity index (χ3n) is 5.72. The first-order valence-electron chi connectivity index (χ1n) is 11.9. The van der Waals surface area contributed by atoms with Crippen LogP contribution < -0.4 is 16.0 Å². The van der Waals surface area contributed by atoms with E-state index in [1.807, 2.05) is 0 Å². The number of amides is 3. The Hall–Kier alpha value is -4.93. The van der Waals surface area contributed by atoms with Gasteiger partial charge < -0.3 is 30.9 Å². The fourth-order valence-electron chi connectivity index (χ4n) is 3.66. The Morgan fingerprint density at radius 2 is 1.28 bits per heavy atom. The summed E-state index contributed by atoms with van der Waals surface area (Å²) in [4.78, 5) is 50.5. The van der Waals surface area contributed by atoms with Crippen molar-refractivity contribution in [3.05, 3.63) is 95.3 Å².